The van der Waals surface area contributed by atoms with E-state index in [0.717, 1.165) is 21.9 Å². The number of benzene rings is 4. The highest BCUT2D eigenvalue weighted by atomic mass is 35.5. The minimum atomic E-state index is -1.00. The van der Waals surface area contributed by atoms with Crippen LogP contribution in [-0.4, -0.2) is 58.0 Å². The Bertz CT molecular complexity index is 1620. The molecule has 1 aliphatic heterocycles. The van der Waals surface area contributed by atoms with Crippen molar-refractivity contribution in [3.8, 4) is 5.75 Å². The fraction of sp³-hybridized carbons (Fsp3) is 0.265. The van der Waals surface area contributed by atoms with Crippen LogP contribution in [0.25, 0.3) is 10.8 Å². The lowest BCUT2D eigenvalue weighted by Gasteiger charge is -2.36. The van der Waals surface area contributed by atoms with Crippen LogP contribution < -0.4 is 10.5 Å². The van der Waals surface area contributed by atoms with Gasteiger partial charge in [-0.25, -0.2) is 0 Å². The lowest BCUT2D eigenvalue weighted by atomic mass is 9.96. The van der Waals surface area contributed by atoms with Crippen LogP contribution in [0, 0.1) is 0 Å². The number of nitrogens with zero attached hydrogens (tertiary/aromatic N) is 2. The predicted molar refractivity (Wildman–Crippen MR) is 165 cm³/mol. The Morgan fingerprint density at radius 1 is 1.02 bits per heavy atom. The summed E-state index contributed by atoms with van der Waals surface area (Å²) in [5.74, 6) is -0.749. The van der Waals surface area contributed by atoms with E-state index in [1.807, 2.05) is 49.4 Å². The van der Waals surface area contributed by atoms with Gasteiger partial charge in [-0.15, -0.1) is 0 Å². The van der Waals surface area contributed by atoms with Crippen LogP contribution in [0.5, 0.6) is 5.75 Å². The molecule has 0 saturated carbocycles. The molecule has 1 fully saturated rings. The standard InChI is InChI=1S/C34H34ClN3O5/c1-22-16-17-37(30(33(36)41)20-25-8-4-7-24-6-2-3-11-29(24)25)34(42)32(26-9-5-10-27(35)19-26)38(22)31(40)18-23-12-14-28(15-13-23)43-21-39/h2-15,19,22,30,32,39H,16-18,20-21H2,1H3,(H2,36,41). The minimum absolute atomic E-state index is 0.0450. The third-order valence-corrected chi connectivity index (χ3v) is 8.25. The van der Waals surface area contributed by atoms with Crippen LogP contribution in [0.4, 0.5) is 0 Å². The minimum Gasteiger partial charge on any atom is -0.468 e. The van der Waals surface area contributed by atoms with Crippen molar-refractivity contribution in [3.05, 3.63) is 113 Å². The number of carbonyl (C=O) groups is 3. The van der Waals surface area contributed by atoms with E-state index in [2.05, 4.69) is 0 Å². The molecule has 222 valence electrons. The van der Waals surface area contributed by atoms with Gasteiger partial charge < -0.3 is 25.4 Å². The van der Waals surface area contributed by atoms with Crippen molar-refractivity contribution in [2.75, 3.05) is 13.3 Å². The molecular weight excluding hydrogens is 566 g/mol. The van der Waals surface area contributed by atoms with E-state index in [0.29, 0.717) is 22.8 Å². The van der Waals surface area contributed by atoms with E-state index in [1.165, 1.54) is 0 Å². The normalized spacial score (nSPS) is 17.9. The van der Waals surface area contributed by atoms with Crippen molar-refractivity contribution in [3.63, 3.8) is 0 Å². The molecule has 4 aromatic rings. The molecule has 0 radical (unpaired) electrons. The van der Waals surface area contributed by atoms with Crippen LogP contribution in [-0.2, 0) is 27.2 Å². The van der Waals surface area contributed by atoms with Gasteiger partial charge in [-0.2, -0.15) is 0 Å². The zero-order valence-electron chi connectivity index (χ0n) is 23.9. The average Bonchev–Trinajstić information content (AvgIpc) is 3.12. The first-order valence-corrected chi connectivity index (χ1v) is 14.6. The van der Waals surface area contributed by atoms with Gasteiger partial charge >= 0.3 is 0 Å². The Balaban J connectivity index is 1.51. The number of aliphatic hydroxyl groups is 1. The SMILES string of the molecule is CC1CCN(C(Cc2cccc3ccccc23)C(N)=O)C(=O)C(c2cccc(Cl)c2)N1C(=O)Cc1ccc(OCO)cc1. The van der Waals surface area contributed by atoms with Crippen molar-refractivity contribution in [2.24, 2.45) is 5.73 Å². The number of carbonyl (C=O) groups excluding carboxylic acids is 3. The summed E-state index contributed by atoms with van der Waals surface area (Å²) in [6.07, 6.45) is 0.746. The largest absolute Gasteiger partial charge is 0.468 e. The first-order chi connectivity index (χ1) is 20.8. The Morgan fingerprint density at radius 3 is 2.47 bits per heavy atom. The second kappa shape index (κ2) is 13.3. The van der Waals surface area contributed by atoms with Crippen LogP contribution in [0.1, 0.15) is 36.1 Å². The van der Waals surface area contributed by atoms with Crippen LogP contribution in [0.15, 0.2) is 91.0 Å². The number of ether oxygens (including phenoxy) is 1. The molecule has 0 aliphatic carbocycles. The molecule has 0 bridgehead atoms. The maximum atomic E-state index is 14.5. The zero-order valence-corrected chi connectivity index (χ0v) is 24.6. The Morgan fingerprint density at radius 2 is 1.74 bits per heavy atom. The first-order valence-electron chi connectivity index (χ1n) is 14.2. The van der Waals surface area contributed by atoms with E-state index in [1.54, 1.807) is 58.3 Å². The Labute approximate surface area is 255 Å². The van der Waals surface area contributed by atoms with E-state index >= 15 is 0 Å². The van der Waals surface area contributed by atoms with Gasteiger partial charge in [0.1, 0.15) is 17.8 Å². The fourth-order valence-corrected chi connectivity index (χ4v) is 6.07. The molecule has 4 aromatic carbocycles. The summed E-state index contributed by atoms with van der Waals surface area (Å²) in [4.78, 5) is 44.7. The first kappa shape index (κ1) is 30.1. The number of fused-ring (bicyclic) bond motifs is 1. The third-order valence-electron chi connectivity index (χ3n) is 8.02. The highest BCUT2D eigenvalue weighted by Crippen LogP contribution is 2.33. The van der Waals surface area contributed by atoms with E-state index in [9.17, 15) is 14.4 Å². The molecule has 3 N–H and O–H groups in total. The molecule has 8 nitrogen and oxygen atoms in total. The lowest BCUT2D eigenvalue weighted by Crippen LogP contribution is -2.52. The zero-order chi connectivity index (χ0) is 30.5. The van der Waals surface area contributed by atoms with Crippen molar-refractivity contribution < 1.29 is 24.2 Å². The molecule has 1 aliphatic rings. The molecule has 1 saturated heterocycles. The summed E-state index contributed by atoms with van der Waals surface area (Å²) >= 11 is 6.37. The Hall–Kier alpha value is -4.40. The van der Waals surface area contributed by atoms with Gasteiger partial charge in [-0.3, -0.25) is 14.4 Å². The highest BCUT2D eigenvalue weighted by Gasteiger charge is 2.43. The van der Waals surface area contributed by atoms with Gasteiger partial charge in [-0.1, -0.05) is 78.3 Å². The fourth-order valence-electron chi connectivity index (χ4n) is 5.87. The quantitative estimate of drug-likeness (QED) is 0.272. The van der Waals surface area contributed by atoms with E-state index < -0.39 is 24.8 Å². The molecular formula is C34H34ClN3O5. The van der Waals surface area contributed by atoms with Gasteiger partial charge in [0.05, 0.1) is 6.42 Å². The summed E-state index contributed by atoms with van der Waals surface area (Å²) in [6, 6.07) is 25.3. The number of halogens is 1. The molecule has 5 rings (SSSR count). The van der Waals surface area contributed by atoms with Crippen molar-refractivity contribution >= 4 is 40.1 Å². The molecule has 3 unspecified atom stereocenters. The number of hydrogen-bond acceptors (Lipinski definition) is 5. The average molecular weight is 600 g/mol. The van der Waals surface area contributed by atoms with Gasteiger partial charge in [0.25, 0.3) is 5.91 Å². The molecule has 9 heteroatoms. The molecule has 0 spiro atoms. The monoisotopic (exact) mass is 599 g/mol. The van der Waals surface area contributed by atoms with Gasteiger partial charge in [0, 0.05) is 24.0 Å². The van der Waals surface area contributed by atoms with Crippen molar-refractivity contribution in [2.45, 2.75) is 44.3 Å². The number of hydrogen-bond donors (Lipinski definition) is 2. The second-order valence-electron chi connectivity index (χ2n) is 10.8. The van der Waals surface area contributed by atoms with Crippen LogP contribution in [0.3, 0.4) is 0 Å². The maximum Gasteiger partial charge on any atom is 0.250 e. The Kier molecular flexibility index (Phi) is 9.28. The molecule has 1 heterocycles. The number of amides is 3. The van der Waals surface area contributed by atoms with Gasteiger partial charge in [0.15, 0.2) is 6.79 Å². The smallest absolute Gasteiger partial charge is 0.250 e. The number of primary amides is 1. The second-order valence-corrected chi connectivity index (χ2v) is 11.2. The van der Waals surface area contributed by atoms with E-state index in [-0.39, 0.29) is 37.2 Å². The molecule has 0 aromatic heterocycles. The summed E-state index contributed by atoms with van der Waals surface area (Å²) in [5.41, 5.74) is 8.18. The van der Waals surface area contributed by atoms with Crippen LogP contribution in [0.2, 0.25) is 5.02 Å². The van der Waals surface area contributed by atoms with Crippen molar-refractivity contribution in [1.82, 2.24) is 9.80 Å². The number of nitrogens with two attached hydrogens (primary N) is 1. The highest BCUT2D eigenvalue weighted by molar-refractivity contribution is 6.30. The van der Waals surface area contributed by atoms with Gasteiger partial charge in [-0.05, 0) is 65.1 Å². The lowest BCUT2D eigenvalue weighted by molar-refractivity contribution is -0.148. The summed E-state index contributed by atoms with van der Waals surface area (Å²) < 4.78 is 5.10. The number of rotatable bonds is 9. The van der Waals surface area contributed by atoms with Crippen molar-refractivity contribution in [1.29, 1.82) is 0 Å². The molecule has 43 heavy (non-hydrogen) atoms. The summed E-state index contributed by atoms with van der Waals surface area (Å²) in [7, 11) is 0. The van der Waals surface area contributed by atoms with Gasteiger partial charge in [0.2, 0.25) is 11.8 Å². The molecule has 3 atom stereocenters. The van der Waals surface area contributed by atoms with E-state index in [4.69, 9.17) is 27.2 Å². The summed E-state index contributed by atoms with van der Waals surface area (Å²) in [6.45, 7) is 1.72. The van der Waals surface area contributed by atoms with Crippen LogP contribution >= 0.6 is 11.6 Å². The number of aliphatic hydroxyl groups excluding tert-OH is 1. The topological polar surface area (TPSA) is 113 Å². The third kappa shape index (κ3) is 6.66. The maximum absolute atomic E-state index is 14.5. The predicted octanol–water partition coefficient (Wildman–Crippen LogP) is 4.65. The molecule has 3 amide bonds. The summed E-state index contributed by atoms with van der Waals surface area (Å²) in [5, 5.41) is 11.5.